The van der Waals surface area contributed by atoms with Gasteiger partial charge in [-0.05, 0) is 24.6 Å². The van der Waals surface area contributed by atoms with Crippen LogP contribution >= 0.6 is 11.6 Å². The van der Waals surface area contributed by atoms with Gasteiger partial charge in [-0.1, -0.05) is 17.7 Å². The molecule has 0 unspecified atom stereocenters. The average Bonchev–Trinajstić information content (AvgIpc) is 2.45. The maximum Gasteiger partial charge on any atom is 0.238 e. The molecule has 0 aliphatic carbocycles. The minimum absolute atomic E-state index is 0.0227. The van der Waals surface area contributed by atoms with Crippen LogP contribution in [0.1, 0.15) is 5.56 Å². The van der Waals surface area contributed by atoms with Crippen molar-refractivity contribution in [2.45, 2.75) is 6.92 Å². The van der Waals surface area contributed by atoms with E-state index in [1.54, 1.807) is 6.07 Å². The summed E-state index contributed by atoms with van der Waals surface area (Å²) in [6, 6.07) is 5.53. The van der Waals surface area contributed by atoms with Crippen LogP contribution in [-0.2, 0) is 4.79 Å². The Labute approximate surface area is 130 Å². The first-order chi connectivity index (χ1) is 10.1. The lowest BCUT2D eigenvalue weighted by atomic mass is 10.2. The predicted octanol–water partition coefficient (Wildman–Crippen LogP) is 1.20. The molecule has 1 aromatic rings. The van der Waals surface area contributed by atoms with Gasteiger partial charge in [0.25, 0.3) is 0 Å². The Balaban J connectivity index is 1.78. The van der Waals surface area contributed by atoms with Crippen molar-refractivity contribution in [3.05, 3.63) is 28.8 Å². The van der Waals surface area contributed by atoms with Crippen molar-refractivity contribution >= 4 is 23.2 Å². The van der Waals surface area contributed by atoms with Gasteiger partial charge in [0.05, 0.1) is 13.2 Å². The van der Waals surface area contributed by atoms with E-state index in [4.69, 9.17) is 16.7 Å². The van der Waals surface area contributed by atoms with Crippen molar-refractivity contribution in [1.29, 1.82) is 0 Å². The van der Waals surface area contributed by atoms with Crippen LogP contribution in [0.15, 0.2) is 18.2 Å². The summed E-state index contributed by atoms with van der Waals surface area (Å²) in [6.45, 7) is 6.70. The lowest BCUT2D eigenvalue weighted by Gasteiger charge is -2.33. The Morgan fingerprint density at radius 3 is 2.57 bits per heavy atom. The molecule has 2 rings (SSSR count). The number of carbonyl (C=O) groups excluding carboxylic acids is 1. The first-order valence-electron chi connectivity index (χ1n) is 7.20. The lowest BCUT2D eigenvalue weighted by Crippen LogP contribution is -2.49. The molecule has 0 radical (unpaired) electrons. The van der Waals surface area contributed by atoms with E-state index >= 15 is 0 Å². The van der Waals surface area contributed by atoms with Crippen LogP contribution in [0.3, 0.4) is 0 Å². The molecule has 0 atom stereocenters. The average molecular weight is 312 g/mol. The van der Waals surface area contributed by atoms with Crippen LogP contribution in [0.25, 0.3) is 0 Å². The summed E-state index contributed by atoms with van der Waals surface area (Å²) in [6.07, 6.45) is 0. The quantitative estimate of drug-likeness (QED) is 0.858. The van der Waals surface area contributed by atoms with Crippen LogP contribution in [0.4, 0.5) is 5.69 Å². The van der Waals surface area contributed by atoms with E-state index in [2.05, 4.69) is 15.1 Å². The number of amides is 1. The number of aliphatic hydroxyl groups excluding tert-OH is 1. The highest BCUT2D eigenvalue weighted by Gasteiger charge is 2.18. The van der Waals surface area contributed by atoms with Gasteiger partial charge in [-0.3, -0.25) is 14.6 Å². The van der Waals surface area contributed by atoms with Crippen molar-refractivity contribution < 1.29 is 9.90 Å². The zero-order valence-corrected chi connectivity index (χ0v) is 13.1. The SMILES string of the molecule is Cc1ccc(NC(=O)CN2CCN(CCO)CC2)cc1Cl. The van der Waals surface area contributed by atoms with Gasteiger partial charge in [-0.15, -0.1) is 0 Å². The Hall–Kier alpha value is -1.14. The molecule has 116 valence electrons. The molecule has 5 nitrogen and oxygen atoms in total. The molecular weight excluding hydrogens is 290 g/mol. The van der Waals surface area contributed by atoms with Gasteiger partial charge in [-0.25, -0.2) is 0 Å². The van der Waals surface area contributed by atoms with Crippen LogP contribution in [0, 0.1) is 6.92 Å². The number of halogens is 1. The molecule has 1 saturated heterocycles. The zero-order valence-electron chi connectivity index (χ0n) is 12.3. The summed E-state index contributed by atoms with van der Waals surface area (Å²) in [4.78, 5) is 16.4. The largest absolute Gasteiger partial charge is 0.395 e. The number of nitrogens with one attached hydrogen (secondary N) is 1. The Morgan fingerprint density at radius 1 is 1.29 bits per heavy atom. The third-order valence-electron chi connectivity index (χ3n) is 3.70. The van der Waals surface area contributed by atoms with Crippen LogP contribution in [0.5, 0.6) is 0 Å². The number of rotatable bonds is 5. The molecule has 1 heterocycles. The van der Waals surface area contributed by atoms with Crippen molar-refractivity contribution in [3.63, 3.8) is 0 Å². The third kappa shape index (κ3) is 4.97. The molecule has 0 saturated carbocycles. The summed E-state index contributed by atoms with van der Waals surface area (Å²) in [5.74, 6) is -0.0227. The highest BCUT2D eigenvalue weighted by atomic mass is 35.5. The van der Waals surface area contributed by atoms with Gasteiger partial charge in [0, 0.05) is 43.4 Å². The monoisotopic (exact) mass is 311 g/mol. The van der Waals surface area contributed by atoms with E-state index in [0.29, 0.717) is 18.1 Å². The predicted molar refractivity (Wildman–Crippen MR) is 84.8 cm³/mol. The second kappa shape index (κ2) is 7.75. The first-order valence-corrected chi connectivity index (χ1v) is 7.58. The van der Waals surface area contributed by atoms with Gasteiger partial charge in [0.15, 0.2) is 0 Å². The van der Waals surface area contributed by atoms with Crippen molar-refractivity contribution in [2.24, 2.45) is 0 Å². The van der Waals surface area contributed by atoms with Crippen LogP contribution in [-0.4, -0.2) is 66.7 Å². The number of β-amino-alcohol motifs (C(OH)–C–C–N with tert-alkyl or cyclic N) is 1. The number of hydrogen-bond donors (Lipinski definition) is 2. The molecule has 0 bridgehead atoms. The number of nitrogens with zero attached hydrogens (tertiary/aromatic N) is 2. The number of hydrogen-bond acceptors (Lipinski definition) is 4. The molecule has 2 N–H and O–H groups in total. The van der Waals surface area contributed by atoms with E-state index in [1.807, 2.05) is 19.1 Å². The number of aryl methyl sites for hydroxylation is 1. The molecule has 1 aromatic carbocycles. The van der Waals surface area contributed by atoms with E-state index in [1.165, 1.54) is 0 Å². The smallest absolute Gasteiger partial charge is 0.238 e. The maximum absolute atomic E-state index is 12.0. The van der Waals surface area contributed by atoms with E-state index in [0.717, 1.165) is 37.4 Å². The van der Waals surface area contributed by atoms with E-state index < -0.39 is 0 Å². The summed E-state index contributed by atoms with van der Waals surface area (Å²) in [5.41, 5.74) is 1.73. The zero-order chi connectivity index (χ0) is 15.2. The van der Waals surface area contributed by atoms with Gasteiger partial charge < -0.3 is 10.4 Å². The third-order valence-corrected chi connectivity index (χ3v) is 4.11. The first kappa shape index (κ1) is 16.2. The van der Waals surface area contributed by atoms with Crippen LogP contribution in [0.2, 0.25) is 5.02 Å². The van der Waals surface area contributed by atoms with Gasteiger partial charge >= 0.3 is 0 Å². The fourth-order valence-electron chi connectivity index (χ4n) is 2.39. The standard InChI is InChI=1S/C15H22ClN3O2/c1-12-2-3-13(10-14(12)16)17-15(21)11-19-6-4-18(5-7-19)8-9-20/h2-3,10,20H,4-9,11H2,1H3,(H,17,21). The molecule has 1 aliphatic rings. The lowest BCUT2D eigenvalue weighted by molar-refractivity contribution is -0.117. The summed E-state index contributed by atoms with van der Waals surface area (Å²) >= 11 is 6.05. The van der Waals surface area contributed by atoms with Crippen molar-refractivity contribution in [2.75, 3.05) is 51.2 Å². The summed E-state index contributed by atoms with van der Waals surface area (Å²) < 4.78 is 0. The topological polar surface area (TPSA) is 55.8 Å². The van der Waals surface area contributed by atoms with Gasteiger partial charge in [0.2, 0.25) is 5.91 Å². The number of piperazine rings is 1. The van der Waals surface area contributed by atoms with Crippen molar-refractivity contribution in [1.82, 2.24) is 9.80 Å². The fraction of sp³-hybridized carbons (Fsp3) is 0.533. The molecule has 1 fully saturated rings. The number of benzene rings is 1. The minimum Gasteiger partial charge on any atom is -0.395 e. The maximum atomic E-state index is 12.0. The van der Waals surface area contributed by atoms with Gasteiger partial charge in [-0.2, -0.15) is 0 Å². The summed E-state index contributed by atoms with van der Waals surface area (Å²) in [7, 11) is 0. The number of carbonyl (C=O) groups is 1. The Kier molecular flexibility index (Phi) is 5.99. The fourth-order valence-corrected chi connectivity index (χ4v) is 2.57. The molecule has 21 heavy (non-hydrogen) atoms. The normalized spacial score (nSPS) is 16.9. The highest BCUT2D eigenvalue weighted by molar-refractivity contribution is 6.31. The molecule has 1 aliphatic heterocycles. The molecule has 6 heteroatoms. The van der Waals surface area contributed by atoms with Crippen LogP contribution < -0.4 is 5.32 Å². The summed E-state index contributed by atoms with van der Waals surface area (Å²) in [5, 5.41) is 12.4. The van der Waals surface area contributed by atoms with E-state index in [-0.39, 0.29) is 12.5 Å². The highest BCUT2D eigenvalue weighted by Crippen LogP contribution is 2.19. The van der Waals surface area contributed by atoms with Crippen molar-refractivity contribution in [3.8, 4) is 0 Å². The Bertz CT molecular complexity index is 488. The molecule has 0 spiro atoms. The molecular formula is C15H22ClN3O2. The molecule has 1 amide bonds. The van der Waals surface area contributed by atoms with E-state index in [9.17, 15) is 4.79 Å². The minimum atomic E-state index is -0.0227. The number of aliphatic hydroxyl groups is 1. The second-order valence-corrected chi connectivity index (χ2v) is 5.76. The Morgan fingerprint density at radius 2 is 1.95 bits per heavy atom. The number of anilines is 1. The molecule has 0 aromatic heterocycles. The van der Waals surface area contributed by atoms with Gasteiger partial charge in [0.1, 0.15) is 0 Å². The second-order valence-electron chi connectivity index (χ2n) is 5.35.